The third-order valence-corrected chi connectivity index (χ3v) is 6.14. The van der Waals surface area contributed by atoms with E-state index in [2.05, 4.69) is 38.7 Å². The maximum atomic E-state index is 12.9. The number of hydrogen-bond acceptors (Lipinski definition) is 3. The van der Waals surface area contributed by atoms with E-state index in [9.17, 15) is 9.59 Å². The Morgan fingerprint density at radius 2 is 1.64 bits per heavy atom. The van der Waals surface area contributed by atoms with E-state index >= 15 is 0 Å². The van der Waals surface area contributed by atoms with Crippen molar-refractivity contribution in [1.82, 2.24) is 0 Å². The highest BCUT2D eigenvalue weighted by atomic mass is 16.5. The van der Waals surface area contributed by atoms with Crippen LogP contribution < -0.4 is 4.90 Å². The van der Waals surface area contributed by atoms with Crippen LogP contribution in [0.25, 0.3) is 0 Å². The molecule has 1 heterocycles. The molecule has 0 aromatic heterocycles. The number of anilines is 1. The zero-order chi connectivity index (χ0) is 23.8. The third kappa shape index (κ3) is 6.26. The van der Waals surface area contributed by atoms with Gasteiger partial charge in [0.1, 0.15) is 0 Å². The Morgan fingerprint density at radius 3 is 2.33 bits per heavy atom. The van der Waals surface area contributed by atoms with Gasteiger partial charge in [-0.15, -0.1) is 0 Å². The Labute approximate surface area is 198 Å². The number of hydrogen-bond donors (Lipinski definition) is 0. The first-order chi connectivity index (χ1) is 15.9. The number of ether oxygens (including phenoxy) is 1. The second-order valence-corrected chi connectivity index (χ2v) is 9.30. The molecule has 2 aromatic carbocycles. The lowest BCUT2D eigenvalue weighted by Crippen LogP contribution is -2.42. The molecule has 0 saturated carbocycles. The van der Waals surface area contributed by atoms with Gasteiger partial charge in [-0.3, -0.25) is 4.79 Å². The van der Waals surface area contributed by atoms with Crippen molar-refractivity contribution in [3.63, 3.8) is 0 Å². The molecule has 0 bridgehead atoms. The number of esters is 1. The number of nitrogens with zero attached hydrogens (tertiary/aromatic N) is 1. The quantitative estimate of drug-likeness (QED) is 0.274. The van der Waals surface area contributed by atoms with Gasteiger partial charge in [-0.25, -0.2) is 4.79 Å². The fraction of sp³-hybridized carbons (Fsp3) is 0.448. The SMILES string of the molecule is CCCCCCCN1C(=O)CC(C)(C)c2cc(C#Cc3ccc(C(=O)OCC)cc3)ccc21. The largest absolute Gasteiger partial charge is 0.462 e. The third-order valence-electron chi connectivity index (χ3n) is 6.14. The average Bonchev–Trinajstić information content (AvgIpc) is 2.79. The summed E-state index contributed by atoms with van der Waals surface area (Å²) in [5.41, 5.74) is 4.27. The number of benzene rings is 2. The number of carbonyl (C=O) groups excluding carboxylic acids is 2. The van der Waals surface area contributed by atoms with Crippen LogP contribution in [-0.2, 0) is 14.9 Å². The maximum Gasteiger partial charge on any atom is 0.338 e. The van der Waals surface area contributed by atoms with Gasteiger partial charge >= 0.3 is 5.97 Å². The van der Waals surface area contributed by atoms with Crippen LogP contribution >= 0.6 is 0 Å². The number of rotatable bonds is 8. The maximum absolute atomic E-state index is 12.9. The molecule has 0 spiro atoms. The Hall–Kier alpha value is -3.06. The molecule has 3 rings (SSSR count). The van der Waals surface area contributed by atoms with Crippen LogP contribution in [0.4, 0.5) is 5.69 Å². The van der Waals surface area contributed by atoms with E-state index in [1.807, 2.05) is 29.2 Å². The van der Waals surface area contributed by atoms with E-state index in [1.54, 1.807) is 19.1 Å². The summed E-state index contributed by atoms with van der Waals surface area (Å²) >= 11 is 0. The number of amides is 1. The van der Waals surface area contributed by atoms with Gasteiger partial charge in [0.25, 0.3) is 0 Å². The van der Waals surface area contributed by atoms with Gasteiger partial charge in [0, 0.05) is 35.2 Å². The van der Waals surface area contributed by atoms with Crippen molar-refractivity contribution < 1.29 is 14.3 Å². The minimum absolute atomic E-state index is 0.212. The van der Waals surface area contributed by atoms with Crippen molar-refractivity contribution in [1.29, 1.82) is 0 Å². The van der Waals surface area contributed by atoms with Crippen molar-refractivity contribution in [3.8, 4) is 11.8 Å². The topological polar surface area (TPSA) is 46.6 Å². The second kappa shape index (κ2) is 11.2. The molecule has 174 valence electrons. The average molecular weight is 446 g/mol. The Morgan fingerprint density at radius 1 is 0.970 bits per heavy atom. The Bertz CT molecular complexity index is 1040. The molecule has 4 nitrogen and oxygen atoms in total. The fourth-order valence-corrected chi connectivity index (χ4v) is 4.26. The lowest BCUT2D eigenvalue weighted by molar-refractivity contribution is -0.120. The molecule has 33 heavy (non-hydrogen) atoms. The monoisotopic (exact) mass is 445 g/mol. The summed E-state index contributed by atoms with van der Waals surface area (Å²) in [5.74, 6) is 6.32. The number of unbranched alkanes of at least 4 members (excludes halogenated alkanes) is 4. The van der Waals surface area contributed by atoms with Gasteiger partial charge in [0.2, 0.25) is 5.91 Å². The Balaban J connectivity index is 1.78. The molecule has 2 aromatic rings. The highest BCUT2D eigenvalue weighted by Gasteiger charge is 2.36. The van der Waals surface area contributed by atoms with Gasteiger partial charge in [-0.05, 0) is 61.4 Å². The second-order valence-electron chi connectivity index (χ2n) is 9.30. The normalized spacial score (nSPS) is 14.3. The first-order valence-electron chi connectivity index (χ1n) is 12.1. The molecule has 0 fully saturated rings. The summed E-state index contributed by atoms with van der Waals surface area (Å²) in [6.45, 7) is 9.41. The summed E-state index contributed by atoms with van der Waals surface area (Å²) in [6, 6.07) is 13.3. The molecule has 1 aliphatic rings. The van der Waals surface area contributed by atoms with Gasteiger partial charge in [-0.1, -0.05) is 58.3 Å². The van der Waals surface area contributed by atoms with Crippen LogP contribution in [0.5, 0.6) is 0 Å². The van der Waals surface area contributed by atoms with E-state index in [0.29, 0.717) is 18.6 Å². The van der Waals surface area contributed by atoms with Crippen molar-refractivity contribution >= 4 is 17.6 Å². The van der Waals surface area contributed by atoms with E-state index in [-0.39, 0.29) is 17.3 Å². The molecule has 1 aliphatic heterocycles. The van der Waals surface area contributed by atoms with Gasteiger partial charge in [0.05, 0.1) is 12.2 Å². The van der Waals surface area contributed by atoms with Crippen LogP contribution in [-0.4, -0.2) is 25.0 Å². The van der Waals surface area contributed by atoms with E-state index in [4.69, 9.17) is 4.74 Å². The predicted molar refractivity (Wildman–Crippen MR) is 134 cm³/mol. The van der Waals surface area contributed by atoms with E-state index < -0.39 is 0 Å². The van der Waals surface area contributed by atoms with Crippen LogP contribution in [0.15, 0.2) is 42.5 Å². The van der Waals surface area contributed by atoms with Crippen LogP contribution in [0.2, 0.25) is 0 Å². The minimum Gasteiger partial charge on any atom is -0.462 e. The minimum atomic E-state index is -0.321. The van der Waals surface area contributed by atoms with Crippen LogP contribution in [0, 0.1) is 11.8 Å². The van der Waals surface area contributed by atoms with Crippen molar-refractivity contribution in [2.45, 2.75) is 71.6 Å². The van der Waals surface area contributed by atoms with E-state index in [0.717, 1.165) is 36.2 Å². The van der Waals surface area contributed by atoms with Crippen LogP contribution in [0.1, 0.15) is 93.3 Å². The first kappa shape index (κ1) is 24.6. The molecular weight excluding hydrogens is 410 g/mol. The van der Waals surface area contributed by atoms with Crippen molar-refractivity contribution in [3.05, 3.63) is 64.7 Å². The first-order valence-corrected chi connectivity index (χ1v) is 12.1. The predicted octanol–water partition coefficient (Wildman–Crippen LogP) is 6.25. The Kier molecular flexibility index (Phi) is 8.33. The molecule has 0 unspecified atom stereocenters. The van der Waals surface area contributed by atoms with Gasteiger partial charge < -0.3 is 9.64 Å². The number of carbonyl (C=O) groups is 2. The molecule has 0 radical (unpaired) electrons. The lowest BCUT2D eigenvalue weighted by Gasteiger charge is -2.39. The van der Waals surface area contributed by atoms with Crippen LogP contribution in [0.3, 0.4) is 0 Å². The highest BCUT2D eigenvalue weighted by molar-refractivity contribution is 5.98. The molecule has 0 atom stereocenters. The lowest BCUT2D eigenvalue weighted by atomic mass is 9.76. The summed E-state index contributed by atoms with van der Waals surface area (Å²) in [4.78, 5) is 26.6. The standard InChI is InChI=1S/C29H35NO3/c1-5-7-8-9-10-19-30-26-18-15-23(20-25(26)29(3,4)21-27(30)31)12-11-22-13-16-24(17-14-22)28(32)33-6-2/h13-18,20H,5-10,19,21H2,1-4H3. The van der Waals surface area contributed by atoms with Crippen molar-refractivity contribution in [2.75, 3.05) is 18.1 Å². The summed E-state index contributed by atoms with van der Waals surface area (Å²) in [7, 11) is 0. The molecule has 1 amide bonds. The summed E-state index contributed by atoms with van der Waals surface area (Å²) < 4.78 is 5.02. The smallest absolute Gasteiger partial charge is 0.338 e. The number of fused-ring (bicyclic) bond motifs is 1. The zero-order valence-electron chi connectivity index (χ0n) is 20.4. The van der Waals surface area contributed by atoms with E-state index in [1.165, 1.54) is 24.8 Å². The molecule has 0 N–H and O–H groups in total. The molecule has 0 aliphatic carbocycles. The fourth-order valence-electron chi connectivity index (χ4n) is 4.26. The zero-order valence-corrected chi connectivity index (χ0v) is 20.4. The molecule has 4 heteroatoms. The summed E-state index contributed by atoms with van der Waals surface area (Å²) in [5, 5.41) is 0. The van der Waals surface area contributed by atoms with Gasteiger partial charge in [-0.2, -0.15) is 0 Å². The highest BCUT2D eigenvalue weighted by Crippen LogP contribution is 2.40. The molecular formula is C29H35NO3. The molecule has 0 saturated heterocycles. The van der Waals surface area contributed by atoms with Gasteiger partial charge in [0.15, 0.2) is 0 Å². The summed E-state index contributed by atoms with van der Waals surface area (Å²) in [6.07, 6.45) is 6.42. The van der Waals surface area contributed by atoms with Crippen molar-refractivity contribution in [2.24, 2.45) is 0 Å².